The Bertz CT molecular complexity index is 375. The van der Waals surface area contributed by atoms with E-state index in [-0.39, 0.29) is 12.5 Å². The summed E-state index contributed by atoms with van der Waals surface area (Å²) in [6.07, 6.45) is 0. The first kappa shape index (κ1) is 13.8. The van der Waals surface area contributed by atoms with Crippen molar-refractivity contribution in [1.29, 1.82) is 0 Å². The van der Waals surface area contributed by atoms with Gasteiger partial charge in [-0.15, -0.1) is 0 Å². The zero-order chi connectivity index (χ0) is 13.0. The summed E-state index contributed by atoms with van der Waals surface area (Å²) >= 11 is 0. The third-order valence-electron chi connectivity index (χ3n) is 2.86. The molecule has 3 heteroatoms. The van der Waals surface area contributed by atoms with E-state index in [9.17, 15) is 0 Å². The van der Waals surface area contributed by atoms with E-state index in [0.29, 0.717) is 12.5 Å². The summed E-state index contributed by atoms with van der Waals surface area (Å²) in [4.78, 5) is 0. The molecule has 0 aliphatic heterocycles. The molecule has 0 aliphatic carbocycles. The average Bonchev–Trinajstić information content (AvgIpc) is 2.29. The van der Waals surface area contributed by atoms with Gasteiger partial charge in [0.25, 0.3) is 0 Å². The predicted octanol–water partition coefficient (Wildman–Crippen LogP) is 2.71. The van der Waals surface area contributed by atoms with Crippen molar-refractivity contribution in [3.63, 3.8) is 0 Å². The van der Waals surface area contributed by atoms with E-state index in [0.717, 1.165) is 22.6 Å². The van der Waals surface area contributed by atoms with Gasteiger partial charge in [-0.05, 0) is 36.1 Å². The van der Waals surface area contributed by atoms with Crippen LogP contribution in [-0.2, 0) is 0 Å². The lowest BCUT2D eigenvalue weighted by Crippen LogP contribution is -2.13. The van der Waals surface area contributed by atoms with Gasteiger partial charge in [-0.3, -0.25) is 0 Å². The molecule has 0 amide bonds. The van der Waals surface area contributed by atoms with Crippen molar-refractivity contribution in [1.82, 2.24) is 0 Å². The molecule has 0 fully saturated rings. The lowest BCUT2D eigenvalue weighted by Gasteiger charge is -2.18. The molecule has 0 saturated heterocycles. The van der Waals surface area contributed by atoms with Crippen molar-refractivity contribution in [2.45, 2.75) is 33.6 Å². The lowest BCUT2D eigenvalue weighted by atomic mass is 9.99. The van der Waals surface area contributed by atoms with Gasteiger partial charge in [-0.25, -0.2) is 0 Å². The first-order valence-corrected chi connectivity index (χ1v) is 6.09. The molecule has 0 aliphatic rings. The fourth-order valence-corrected chi connectivity index (χ4v) is 1.58. The smallest absolute Gasteiger partial charge is 0.123 e. The normalized spacial score (nSPS) is 12.8. The number of nitrogens with two attached hydrogens (primary N) is 1. The van der Waals surface area contributed by atoms with Gasteiger partial charge in [0.1, 0.15) is 5.75 Å². The monoisotopic (exact) mass is 237 g/mol. The van der Waals surface area contributed by atoms with Crippen LogP contribution in [0.25, 0.3) is 0 Å². The maximum atomic E-state index is 8.99. The van der Waals surface area contributed by atoms with Crippen LogP contribution in [0.5, 0.6) is 5.75 Å². The summed E-state index contributed by atoms with van der Waals surface area (Å²) in [5, 5.41) is 8.99. The van der Waals surface area contributed by atoms with E-state index in [1.165, 1.54) is 0 Å². The number of aryl methyl sites for hydroxylation is 1. The molecule has 1 rings (SSSR count). The maximum Gasteiger partial charge on any atom is 0.123 e. The minimum atomic E-state index is 0.144. The summed E-state index contributed by atoms with van der Waals surface area (Å²) in [5.41, 5.74) is 8.87. The number of rotatable bonds is 5. The average molecular weight is 237 g/mol. The summed E-state index contributed by atoms with van der Waals surface area (Å²) in [6, 6.07) is 3.97. The molecule has 0 radical (unpaired) electrons. The van der Waals surface area contributed by atoms with Gasteiger partial charge >= 0.3 is 0 Å². The highest BCUT2D eigenvalue weighted by Crippen LogP contribution is 2.31. The molecule has 1 aromatic rings. The number of anilines is 1. The van der Waals surface area contributed by atoms with Crippen LogP contribution in [0.2, 0.25) is 0 Å². The van der Waals surface area contributed by atoms with Gasteiger partial charge in [-0.1, -0.05) is 20.8 Å². The molecule has 96 valence electrons. The van der Waals surface area contributed by atoms with Crippen LogP contribution < -0.4 is 10.5 Å². The summed E-state index contributed by atoms with van der Waals surface area (Å²) in [7, 11) is 0. The zero-order valence-electron chi connectivity index (χ0n) is 11.2. The van der Waals surface area contributed by atoms with Gasteiger partial charge in [-0.2, -0.15) is 0 Å². The molecule has 3 N–H and O–H groups in total. The second-order valence-corrected chi connectivity index (χ2v) is 5.00. The summed E-state index contributed by atoms with van der Waals surface area (Å²) in [6.45, 7) is 8.84. The molecule has 1 unspecified atom stereocenters. The van der Waals surface area contributed by atoms with E-state index in [1.807, 2.05) is 26.0 Å². The van der Waals surface area contributed by atoms with Crippen molar-refractivity contribution >= 4 is 5.69 Å². The van der Waals surface area contributed by atoms with E-state index in [1.54, 1.807) is 0 Å². The van der Waals surface area contributed by atoms with E-state index in [2.05, 4.69) is 13.8 Å². The molecular formula is C14H23NO2. The standard InChI is InChI=1S/C14H23NO2/c1-9(2)12-6-13(15)11(4)5-14(12)17-8-10(3)7-16/h5-6,9-10,16H,7-8,15H2,1-4H3. The van der Waals surface area contributed by atoms with Gasteiger partial charge in [0, 0.05) is 18.2 Å². The fourth-order valence-electron chi connectivity index (χ4n) is 1.58. The lowest BCUT2D eigenvalue weighted by molar-refractivity contribution is 0.173. The minimum absolute atomic E-state index is 0.144. The third-order valence-corrected chi connectivity index (χ3v) is 2.86. The van der Waals surface area contributed by atoms with Crippen molar-refractivity contribution in [3.8, 4) is 5.75 Å². The number of nitrogen functional groups attached to an aromatic ring is 1. The maximum absolute atomic E-state index is 8.99. The van der Waals surface area contributed by atoms with Crippen LogP contribution in [-0.4, -0.2) is 18.3 Å². The molecule has 0 spiro atoms. The quantitative estimate of drug-likeness (QED) is 0.774. The van der Waals surface area contributed by atoms with Crippen molar-refractivity contribution in [3.05, 3.63) is 23.3 Å². The van der Waals surface area contributed by atoms with E-state index >= 15 is 0 Å². The molecule has 17 heavy (non-hydrogen) atoms. The predicted molar refractivity (Wildman–Crippen MR) is 71.4 cm³/mol. The van der Waals surface area contributed by atoms with E-state index < -0.39 is 0 Å². The molecule has 0 aromatic heterocycles. The number of hydrogen-bond donors (Lipinski definition) is 2. The van der Waals surface area contributed by atoms with Crippen LogP contribution in [0.15, 0.2) is 12.1 Å². The molecule has 1 aromatic carbocycles. The highest BCUT2D eigenvalue weighted by molar-refractivity contribution is 5.55. The van der Waals surface area contributed by atoms with Crippen molar-refractivity contribution < 1.29 is 9.84 Å². The Morgan fingerprint density at radius 3 is 2.47 bits per heavy atom. The second kappa shape index (κ2) is 5.92. The van der Waals surface area contributed by atoms with Crippen molar-refractivity contribution in [2.24, 2.45) is 5.92 Å². The van der Waals surface area contributed by atoms with Crippen LogP contribution >= 0.6 is 0 Å². The van der Waals surface area contributed by atoms with Crippen LogP contribution in [0, 0.1) is 12.8 Å². The Balaban J connectivity index is 2.92. The Hall–Kier alpha value is -1.22. The summed E-state index contributed by atoms with van der Waals surface area (Å²) in [5.74, 6) is 1.40. The van der Waals surface area contributed by atoms with Crippen LogP contribution in [0.4, 0.5) is 5.69 Å². The fraction of sp³-hybridized carbons (Fsp3) is 0.571. The third kappa shape index (κ3) is 3.63. The highest BCUT2D eigenvalue weighted by Gasteiger charge is 2.11. The highest BCUT2D eigenvalue weighted by atomic mass is 16.5. The number of hydrogen-bond acceptors (Lipinski definition) is 3. The Morgan fingerprint density at radius 1 is 1.29 bits per heavy atom. The number of aliphatic hydroxyl groups is 1. The molecular weight excluding hydrogens is 214 g/mol. The second-order valence-electron chi connectivity index (χ2n) is 5.00. The van der Waals surface area contributed by atoms with Crippen molar-refractivity contribution in [2.75, 3.05) is 18.9 Å². The summed E-state index contributed by atoms with van der Waals surface area (Å²) < 4.78 is 5.77. The molecule has 3 nitrogen and oxygen atoms in total. The van der Waals surface area contributed by atoms with Gasteiger partial charge in [0.05, 0.1) is 6.61 Å². The van der Waals surface area contributed by atoms with Gasteiger partial charge < -0.3 is 15.6 Å². The largest absolute Gasteiger partial charge is 0.493 e. The molecule has 0 heterocycles. The zero-order valence-corrected chi connectivity index (χ0v) is 11.2. The van der Waals surface area contributed by atoms with Gasteiger partial charge in [0.15, 0.2) is 0 Å². The number of benzene rings is 1. The Morgan fingerprint density at radius 2 is 1.94 bits per heavy atom. The number of ether oxygens (including phenoxy) is 1. The SMILES string of the molecule is Cc1cc(OCC(C)CO)c(C(C)C)cc1N. The Labute approximate surface area is 104 Å². The number of aliphatic hydroxyl groups excluding tert-OH is 1. The molecule has 1 atom stereocenters. The van der Waals surface area contributed by atoms with E-state index in [4.69, 9.17) is 15.6 Å². The topological polar surface area (TPSA) is 55.5 Å². The van der Waals surface area contributed by atoms with Gasteiger partial charge in [0.2, 0.25) is 0 Å². The first-order valence-electron chi connectivity index (χ1n) is 6.09. The molecule has 0 bridgehead atoms. The van der Waals surface area contributed by atoms with Crippen LogP contribution in [0.1, 0.15) is 37.8 Å². The Kier molecular flexibility index (Phi) is 4.82. The molecule has 0 saturated carbocycles. The first-order chi connectivity index (χ1) is 7.95. The van der Waals surface area contributed by atoms with Crippen LogP contribution in [0.3, 0.4) is 0 Å². The minimum Gasteiger partial charge on any atom is -0.493 e.